The zero-order valence-corrected chi connectivity index (χ0v) is 9.94. The van der Waals surface area contributed by atoms with Gasteiger partial charge in [0.15, 0.2) is 0 Å². The van der Waals surface area contributed by atoms with Gasteiger partial charge >= 0.3 is 53.6 Å². The molecule has 0 amide bonds. The SMILES string of the molecule is O=C(C=C([O-])C(F)(F)F)C(F)(F)F.[Pr+3]. The van der Waals surface area contributed by atoms with Crippen molar-refractivity contribution in [3.05, 3.63) is 11.8 Å². The monoisotopic (exact) mass is 348 g/mol. The fourth-order valence-electron chi connectivity index (χ4n) is 0.283. The van der Waals surface area contributed by atoms with Gasteiger partial charge < -0.3 is 5.11 Å². The molecule has 0 saturated heterocycles. The third kappa shape index (κ3) is 5.79. The Balaban J connectivity index is 0. The number of halogens is 6. The summed E-state index contributed by atoms with van der Waals surface area (Å²) < 4.78 is 67.8. The number of alkyl halides is 6. The smallest absolute Gasteiger partial charge is 0.869 e. The van der Waals surface area contributed by atoms with E-state index < -0.39 is 30.0 Å². The molecule has 0 spiro atoms. The Hall–Kier alpha value is 0.154. The predicted molar refractivity (Wildman–Crippen MR) is 25.2 cm³/mol. The number of hydrogen-bond acceptors (Lipinski definition) is 2. The Kier molecular flexibility index (Phi) is 6.27. The quantitative estimate of drug-likeness (QED) is 0.402. The predicted octanol–water partition coefficient (Wildman–Crippen LogP) is 0.924. The van der Waals surface area contributed by atoms with Gasteiger partial charge in [-0.1, -0.05) is 0 Å². The van der Waals surface area contributed by atoms with Crippen molar-refractivity contribution in [3.8, 4) is 0 Å². The molecule has 0 fully saturated rings. The van der Waals surface area contributed by atoms with Crippen LogP contribution in [0.25, 0.3) is 0 Å². The third-order valence-corrected chi connectivity index (χ3v) is 0.821. The summed E-state index contributed by atoms with van der Waals surface area (Å²) in [7, 11) is 0. The maximum atomic E-state index is 11.3. The molecule has 0 aliphatic heterocycles. The van der Waals surface area contributed by atoms with Gasteiger partial charge in [0.05, 0.1) is 0 Å². The van der Waals surface area contributed by atoms with Crippen LogP contribution < -0.4 is 5.11 Å². The van der Waals surface area contributed by atoms with E-state index in [1.807, 2.05) is 0 Å². The molecule has 0 unspecified atom stereocenters. The van der Waals surface area contributed by atoms with Crippen LogP contribution >= 0.6 is 0 Å². The van der Waals surface area contributed by atoms with Crippen LogP contribution in [0.2, 0.25) is 0 Å². The minimum absolute atomic E-state index is 0. The summed E-state index contributed by atoms with van der Waals surface area (Å²) in [6.07, 6.45) is -11.9. The molecule has 0 aromatic heterocycles. The second-order valence-corrected chi connectivity index (χ2v) is 1.87. The van der Waals surface area contributed by atoms with Crippen LogP contribution in [0, 0.1) is 41.3 Å². The van der Waals surface area contributed by atoms with E-state index in [-0.39, 0.29) is 41.3 Å². The van der Waals surface area contributed by atoms with Crippen molar-refractivity contribution in [2.24, 2.45) is 0 Å². The summed E-state index contributed by atoms with van der Waals surface area (Å²) in [5.74, 6) is -5.65. The van der Waals surface area contributed by atoms with Crippen LogP contribution in [0.5, 0.6) is 0 Å². The summed E-state index contributed by atoms with van der Waals surface area (Å²) in [5.41, 5.74) is 0. The Bertz CT molecular complexity index is 240. The molecule has 0 saturated carbocycles. The molecule has 0 aliphatic carbocycles. The first-order chi connectivity index (χ1) is 5.55. The molecule has 0 bridgehead atoms. The molecule has 76 valence electrons. The van der Waals surface area contributed by atoms with Crippen LogP contribution in [0.15, 0.2) is 11.8 Å². The van der Waals surface area contributed by atoms with E-state index in [0.717, 1.165) is 0 Å². The van der Waals surface area contributed by atoms with Gasteiger partial charge in [-0.05, 0) is 11.8 Å². The normalized spacial score (nSPS) is 13.4. The Labute approximate surface area is 107 Å². The van der Waals surface area contributed by atoms with Crippen LogP contribution in [-0.4, -0.2) is 18.1 Å². The van der Waals surface area contributed by atoms with E-state index in [1.165, 1.54) is 0 Å². The van der Waals surface area contributed by atoms with Gasteiger partial charge in [-0.3, -0.25) is 4.79 Å². The minimum Gasteiger partial charge on any atom is -0.869 e. The Morgan fingerprint density at radius 1 is 1.00 bits per heavy atom. The van der Waals surface area contributed by atoms with Crippen molar-refractivity contribution >= 4 is 5.78 Å². The molecule has 0 N–H and O–H groups in total. The number of ketones is 1. The second kappa shape index (κ2) is 5.30. The van der Waals surface area contributed by atoms with Crippen LogP contribution in [0.4, 0.5) is 26.3 Å². The standard InChI is InChI=1S/C5H2F6O2.Pr/c6-4(7,8)2(12)1-3(13)5(9,10)11;/h1,12H;/q;+3/p-1. The van der Waals surface area contributed by atoms with Gasteiger partial charge in [-0.15, -0.1) is 0 Å². The molecule has 2 nitrogen and oxygen atoms in total. The number of rotatable bonds is 1. The average molecular weight is 348 g/mol. The van der Waals surface area contributed by atoms with Crippen molar-refractivity contribution in [2.75, 3.05) is 0 Å². The van der Waals surface area contributed by atoms with Crippen LogP contribution in [0.1, 0.15) is 0 Å². The fraction of sp³-hybridized carbons (Fsp3) is 0.400. The first-order valence-corrected chi connectivity index (χ1v) is 2.62. The molecule has 9 heteroatoms. The zero-order chi connectivity index (χ0) is 10.9. The Morgan fingerprint density at radius 3 is 1.57 bits per heavy atom. The summed E-state index contributed by atoms with van der Waals surface area (Å²) in [5, 5.41) is 9.82. The first kappa shape index (κ1) is 16.6. The molecule has 0 aliphatic rings. The van der Waals surface area contributed by atoms with Crippen molar-refractivity contribution in [3.63, 3.8) is 0 Å². The molecule has 0 radical (unpaired) electrons. The van der Waals surface area contributed by atoms with Crippen molar-refractivity contribution in [2.45, 2.75) is 12.4 Å². The Morgan fingerprint density at radius 2 is 1.36 bits per heavy atom. The van der Waals surface area contributed by atoms with Gasteiger partial charge in [0.2, 0.25) is 0 Å². The van der Waals surface area contributed by atoms with Crippen LogP contribution in [0.3, 0.4) is 0 Å². The number of allylic oxidation sites excluding steroid dienone is 2. The van der Waals surface area contributed by atoms with E-state index in [4.69, 9.17) is 0 Å². The van der Waals surface area contributed by atoms with E-state index in [0.29, 0.717) is 0 Å². The second-order valence-electron chi connectivity index (χ2n) is 1.87. The van der Waals surface area contributed by atoms with E-state index >= 15 is 0 Å². The molecular formula is C5HF6O2Pr+2. The number of carbonyl (C=O) groups is 1. The summed E-state index contributed by atoms with van der Waals surface area (Å²) in [6.45, 7) is 0. The number of carbonyl (C=O) groups excluding carboxylic acids is 1. The van der Waals surface area contributed by atoms with Crippen molar-refractivity contribution in [1.29, 1.82) is 0 Å². The van der Waals surface area contributed by atoms with E-state index in [9.17, 15) is 36.2 Å². The van der Waals surface area contributed by atoms with Gasteiger partial charge in [0.1, 0.15) is 0 Å². The summed E-state index contributed by atoms with van der Waals surface area (Å²) in [4.78, 5) is 9.82. The molecule has 0 aromatic rings. The van der Waals surface area contributed by atoms with Gasteiger partial charge in [0, 0.05) is 0 Å². The summed E-state index contributed by atoms with van der Waals surface area (Å²) in [6, 6.07) is 0. The summed E-state index contributed by atoms with van der Waals surface area (Å²) >= 11 is 0. The largest absolute Gasteiger partial charge is 3.00 e. The maximum absolute atomic E-state index is 11.3. The molecule has 0 heterocycles. The minimum atomic E-state index is -5.46. The van der Waals surface area contributed by atoms with E-state index in [2.05, 4.69) is 0 Å². The molecule has 0 aromatic carbocycles. The number of hydrogen-bond donors (Lipinski definition) is 0. The van der Waals surface area contributed by atoms with Gasteiger partial charge in [0.25, 0.3) is 5.78 Å². The maximum Gasteiger partial charge on any atom is 3.00 e. The third-order valence-electron chi connectivity index (χ3n) is 0.821. The van der Waals surface area contributed by atoms with Gasteiger partial charge in [-0.25, -0.2) is 0 Å². The fourth-order valence-corrected chi connectivity index (χ4v) is 0.283. The van der Waals surface area contributed by atoms with Crippen LogP contribution in [-0.2, 0) is 4.79 Å². The van der Waals surface area contributed by atoms with Gasteiger partial charge in [-0.2, -0.15) is 26.3 Å². The topological polar surface area (TPSA) is 40.1 Å². The zero-order valence-electron chi connectivity index (χ0n) is 6.24. The van der Waals surface area contributed by atoms with Crippen molar-refractivity contribution in [1.82, 2.24) is 0 Å². The first-order valence-electron chi connectivity index (χ1n) is 2.62. The molecule has 0 atom stereocenters. The average Bonchev–Trinajstić information content (AvgIpc) is 1.82. The molecule has 14 heavy (non-hydrogen) atoms. The molecule has 0 rings (SSSR count). The van der Waals surface area contributed by atoms with Crippen molar-refractivity contribution < 1.29 is 77.5 Å². The molecular weight excluding hydrogens is 347 g/mol. The van der Waals surface area contributed by atoms with E-state index in [1.54, 1.807) is 0 Å².